The summed E-state index contributed by atoms with van der Waals surface area (Å²) < 4.78 is 10.3. The van der Waals surface area contributed by atoms with Crippen molar-refractivity contribution in [3.05, 3.63) is 0 Å². The molecule has 0 heterocycles. The molecule has 0 aromatic rings. The van der Waals surface area contributed by atoms with Crippen molar-refractivity contribution < 1.29 is 9.16 Å². The van der Waals surface area contributed by atoms with Crippen molar-refractivity contribution in [2.24, 2.45) is 0 Å². The first-order valence-electron chi connectivity index (χ1n) is 3.68. The lowest BCUT2D eigenvalue weighted by molar-refractivity contribution is 0.0242. The maximum Gasteiger partial charge on any atom is 0.164 e. The molecule has 0 unspecified atom stereocenters. The van der Waals surface area contributed by atoms with E-state index in [2.05, 4.69) is 12.6 Å². The molecule has 0 spiro atoms. The van der Waals surface area contributed by atoms with Crippen LogP contribution in [-0.2, 0) is 9.16 Å². The van der Waals surface area contributed by atoms with Crippen LogP contribution in [0.25, 0.3) is 0 Å². The van der Waals surface area contributed by atoms with E-state index in [-0.39, 0.29) is 9.76 Å². The number of ether oxygens (including phenoxy) is 1. The third kappa shape index (κ3) is 8.49. The summed E-state index contributed by atoms with van der Waals surface area (Å²) in [4.78, 5) is 0. The van der Waals surface area contributed by atoms with E-state index < -0.39 is 0 Å². The molecular formula is C6H16O2SSi. The molecule has 0 aromatic heterocycles. The van der Waals surface area contributed by atoms with E-state index in [1.165, 1.54) is 12.5 Å². The van der Waals surface area contributed by atoms with E-state index >= 15 is 0 Å². The fourth-order valence-electron chi connectivity index (χ4n) is 0.517. The molecule has 62 valence electrons. The van der Waals surface area contributed by atoms with E-state index in [1.807, 2.05) is 6.92 Å². The summed E-state index contributed by atoms with van der Waals surface area (Å²) in [6, 6.07) is 1.22. The van der Waals surface area contributed by atoms with Gasteiger partial charge in [0.2, 0.25) is 0 Å². The van der Waals surface area contributed by atoms with Gasteiger partial charge in [-0.05, 0) is 25.1 Å². The third-order valence-electron chi connectivity index (χ3n) is 1.07. The first-order valence-corrected chi connectivity index (χ1v) is 5.89. The SMILES string of the molecule is CCOCO[SiH2]CCCS. The van der Waals surface area contributed by atoms with Crippen molar-refractivity contribution in [3.63, 3.8) is 0 Å². The Labute approximate surface area is 70.6 Å². The van der Waals surface area contributed by atoms with Crippen LogP contribution in [0.2, 0.25) is 6.04 Å². The largest absolute Gasteiger partial charge is 0.402 e. The predicted octanol–water partition coefficient (Wildman–Crippen LogP) is 0.819. The molecule has 2 nitrogen and oxygen atoms in total. The Hall–Kier alpha value is 0.487. The van der Waals surface area contributed by atoms with Gasteiger partial charge in [0.1, 0.15) is 6.79 Å². The zero-order valence-corrected chi connectivity index (χ0v) is 8.81. The minimum Gasteiger partial charge on any atom is -0.402 e. The van der Waals surface area contributed by atoms with Gasteiger partial charge in [-0.1, -0.05) is 0 Å². The summed E-state index contributed by atoms with van der Waals surface area (Å²) >= 11 is 4.10. The molecule has 0 aromatic carbocycles. The van der Waals surface area contributed by atoms with Crippen LogP contribution in [0.5, 0.6) is 0 Å². The highest BCUT2D eigenvalue weighted by atomic mass is 32.1. The van der Waals surface area contributed by atoms with Gasteiger partial charge in [0, 0.05) is 6.61 Å². The second-order valence-electron chi connectivity index (χ2n) is 1.95. The van der Waals surface area contributed by atoms with Crippen LogP contribution in [0.4, 0.5) is 0 Å². The van der Waals surface area contributed by atoms with E-state index in [0.717, 1.165) is 12.4 Å². The molecule has 0 fully saturated rings. The third-order valence-corrected chi connectivity index (χ3v) is 2.63. The van der Waals surface area contributed by atoms with Gasteiger partial charge in [-0.15, -0.1) is 0 Å². The standard InChI is InChI=1S/C6H16O2SSi/c1-2-7-6-8-10-5-3-4-9/h9H,2-6,10H2,1H3. The molecule has 0 N–H and O–H groups in total. The monoisotopic (exact) mass is 180 g/mol. The highest BCUT2D eigenvalue weighted by Gasteiger charge is 1.87. The Balaban J connectivity index is 2.65. The van der Waals surface area contributed by atoms with Crippen LogP contribution in [0.3, 0.4) is 0 Å². The molecule has 0 bridgehead atoms. The fraction of sp³-hybridized carbons (Fsp3) is 1.00. The Morgan fingerprint density at radius 2 is 2.30 bits per heavy atom. The smallest absolute Gasteiger partial charge is 0.164 e. The van der Waals surface area contributed by atoms with E-state index in [9.17, 15) is 0 Å². The van der Waals surface area contributed by atoms with Gasteiger partial charge >= 0.3 is 0 Å². The number of hydrogen-bond acceptors (Lipinski definition) is 3. The first-order chi connectivity index (χ1) is 4.91. The Morgan fingerprint density at radius 3 is 2.90 bits per heavy atom. The molecule has 0 radical (unpaired) electrons. The number of rotatable bonds is 7. The number of hydrogen-bond donors (Lipinski definition) is 1. The number of thiol groups is 1. The molecule has 0 aliphatic heterocycles. The molecule has 10 heavy (non-hydrogen) atoms. The molecule has 4 heteroatoms. The van der Waals surface area contributed by atoms with Crippen molar-refractivity contribution in [2.75, 3.05) is 19.2 Å². The van der Waals surface area contributed by atoms with Gasteiger partial charge in [0.15, 0.2) is 9.76 Å². The van der Waals surface area contributed by atoms with Gasteiger partial charge in [-0.2, -0.15) is 12.6 Å². The Morgan fingerprint density at radius 1 is 1.50 bits per heavy atom. The average molecular weight is 180 g/mol. The van der Waals surface area contributed by atoms with Gasteiger partial charge in [-0.25, -0.2) is 0 Å². The van der Waals surface area contributed by atoms with Crippen LogP contribution >= 0.6 is 12.6 Å². The maximum atomic E-state index is 5.26. The van der Waals surface area contributed by atoms with Crippen molar-refractivity contribution in [3.8, 4) is 0 Å². The van der Waals surface area contributed by atoms with Crippen LogP contribution in [-0.4, -0.2) is 28.9 Å². The summed E-state index contributed by atoms with van der Waals surface area (Å²) in [7, 11) is -0.294. The van der Waals surface area contributed by atoms with Crippen LogP contribution < -0.4 is 0 Å². The van der Waals surface area contributed by atoms with E-state index in [0.29, 0.717) is 6.79 Å². The zero-order valence-electron chi connectivity index (χ0n) is 6.51. The molecule has 0 saturated carbocycles. The minimum atomic E-state index is -0.294. The first kappa shape index (κ1) is 10.5. The van der Waals surface area contributed by atoms with E-state index in [4.69, 9.17) is 9.16 Å². The quantitative estimate of drug-likeness (QED) is 0.271. The topological polar surface area (TPSA) is 18.5 Å². The van der Waals surface area contributed by atoms with E-state index in [1.54, 1.807) is 0 Å². The molecule has 0 aliphatic rings. The lowest BCUT2D eigenvalue weighted by Gasteiger charge is -2.01. The average Bonchev–Trinajstić information content (AvgIpc) is 1.97. The minimum absolute atomic E-state index is 0.294. The second-order valence-corrected chi connectivity index (χ2v) is 3.92. The van der Waals surface area contributed by atoms with Crippen molar-refractivity contribution in [1.82, 2.24) is 0 Å². The summed E-state index contributed by atoms with van der Waals surface area (Å²) in [5.74, 6) is 0.977. The second kappa shape index (κ2) is 9.49. The molecule has 0 atom stereocenters. The van der Waals surface area contributed by atoms with Crippen LogP contribution in [0.15, 0.2) is 0 Å². The van der Waals surface area contributed by atoms with Crippen molar-refractivity contribution in [1.29, 1.82) is 0 Å². The van der Waals surface area contributed by atoms with Gasteiger partial charge in [0.05, 0.1) is 0 Å². The van der Waals surface area contributed by atoms with Gasteiger partial charge < -0.3 is 9.16 Å². The molecule has 0 amide bonds. The van der Waals surface area contributed by atoms with Crippen LogP contribution in [0.1, 0.15) is 13.3 Å². The molecule has 0 saturated heterocycles. The van der Waals surface area contributed by atoms with Crippen LogP contribution in [0, 0.1) is 0 Å². The lowest BCUT2D eigenvalue weighted by Crippen LogP contribution is -2.03. The highest BCUT2D eigenvalue weighted by molar-refractivity contribution is 7.80. The predicted molar refractivity (Wildman–Crippen MR) is 49.4 cm³/mol. The Kier molecular flexibility index (Phi) is 9.95. The molecule has 0 aliphatic carbocycles. The fourth-order valence-corrected chi connectivity index (χ4v) is 2.06. The summed E-state index contributed by atoms with van der Waals surface area (Å²) in [6.45, 7) is 3.22. The maximum absolute atomic E-state index is 5.26. The molecule has 0 rings (SSSR count). The lowest BCUT2D eigenvalue weighted by atomic mass is 10.6. The van der Waals surface area contributed by atoms with Crippen molar-refractivity contribution in [2.45, 2.75) is 19.4 Å². The zero-order chi connectivity index (χ0) is 7.66. The summed E-state index contributed by atoms with van der Waals surface area (Å²) in [5.41, 5.74) is 0. The van der Waals surface area contributed by atoms with Crippen molar-refractivity contribution >= 4 is 22.4 Å². The summed E-state index contributed by atoms with van der Waals surface area (Å²) in [6.07, 6.45) is 1.18. The summed E-state index contributed by atoms with van der Waals surface area (Å²) in [5, 5.41) is 0. The highest BCUT2D eigenvalue weighted by Crippen LogP contribution is 1.91. The van der Waals surface area contributed by atoms with Gasteiger partial charge in [-0.3, -0.25) is 0 Å². The normalized spacial score (nSPS) is 11.4. The van der Waals surface area contributed by atoms with Gasteiger partial charge in [0.25, 0.3) is 0 Å². The Bertz CT molecular complexity index is 55.7. The molecular weight excluding hydrogens is 164 g/mol.